The molecule has 3 nitrogen and oxygen atoms in total. The molecule has 0 spiro atoms. The Kier molecular flexibility index (Phi) is 5.67. The highest BCUT2D eigenvalue weighted by Gasteiger charge is 2.31. The summed E-state index contributed by atoms with van der Waals surface area (Å²) in [5, 5.41) is 3.60. The first-order valence-electron chi connectivity index (χ1n) is 8.12. The number of hydrogen-bond donors (Lipinski definition) is 1. The zero-order chi connectivity index (χ0) is 13.7. The largest absolute Gasteiger partial charge is 0.379 e. The van der Waals surface area contributed by atoms with Crippen molar-refractivity contribution in [1.82, 2.24) is 10.2 Å². The van der Waals surface area contributed by atoms with Crippen LogP contribution in [-0.2, 0) is 4.74 Å². The van der Waals surface area contributed by atoms with Gasteiger partial charge in [-0.2, -0.15) is 0 Å². The van der Waals surface area contributed by atoms with Crippen LogP contribution in [0.5, 0.6) is 0 Å². The van der Waals surface area contributed by atoms with E-state index in [2.05, 4.69) is 24.1 Å². The highest BCUT2D eigenvalue weighted by Crippen LogP contribution is 2.30. The highest BCUT2D eigenvalue weighted by atomic mass is 16.5. The molecule has 1 atom stereocenters. The van der Waals surface area contributed by atoms with Gasteiger partial charge < -0.3 is 10.1 Å². The van der Waals surface area contributed by atoms with Gasteiger partial charge in [0.25, 0.3) is 0 Å². The van der Waals surface area contributed by atoms with Crippen LogP contribution < -0.4 is 5.32 Å². The van der Waals surface area contributed by atoms with Crippen molar-refractivity contribution in [2.24, 2.45) is 5.92 Å². The van der Waals surface area contributed by atoms with Gasteiger partial charge in [-0.1, -0.05) is 19.3 Å². The van der Waals surface area contributed by atoms with Crippen LogP contribution >= 0.6 is 0 Å². The number of ether oxygens (including phenoxy) is 1. The van der Waals surface area contributed by atoms with Gasteiger partial charge >= 0.3 is 0 Å². The second kappa shape index (κ2) is 7.05. The Morgan fingerprint density at radius 2 is 1.95 bits per heavy atom. The smallest absolute Gasteiger partial charge is 0.0634 e. The number of methoxy groups -OCH3 is 1. The van der Waals surface area contributed by atoms with Gasteiger partial charge in [0.2, 0.25) is 0 Å². The molecule has 2 fully saturated rings. The van der Waals surface area contributed by atoms with E-state index in [-0.39, 0.29) is 5.60 Å². The summed E-state index contributed by atoms with van der Waals surface area (Å²) in [7, 11) is 1.83. The quantitative estimate of drug-likeness (QED) is 0.829. The van der Waals surface area contributed by atoms with Crippen molar-refractivity contribution in [2.75, 3.05) is 33.3 Å². The van der Waals surface area contributed by atoms with E-state index >= 15 is 0 Å². The van der Waals surface area contributed by atoms with Crippen molar-refractivity contribution in [3.8, 4) is 0 Å². The van der Waals surface area contributed by atoms with Crippen molar-refractivity contribution in [3.05, 3.63) is 0 Å². The SMILES string of the molecule is COC(C)(C)CCN1CCNCC1C1CCCCC1. The zero-order valence-corrected chi connectivity index (χ0v) is 13.1. The lowest BCUT2D eigenvalue weighted by molar-refractivity contribution is -0.00356. The second-order valence-corrected chi connectivity index (χ2v) is 6.92. The van der Waals surface area contributed by atoms with E-state index in [4.69, 9.17) is 4.74 Å². The summed E-state index contributed by atoms with van der Waals surface area (Å²) in [6.45, 7) is 9.13. The number of piperazine rings is 1. The van der Waals surface area contributed by atoms with Crippen LogP contribution in [0.3, 0.4) is 0 Å². The summed E-state index contributed by atoms with van der Waals surface area (Å²) < 4.78 is 5.57. The lowest BCUT2D eigenvalue weighted by Gasteiger charge is -2.43. The molecule has 0 bridgehead atoms. The average molecular weight is 268 g/mol. The molecule has 0 aromatic rings. The van der Waals surface area contributed by atoms with Gasteiger partial charge in [0.1, 0.15) is 0 Å². The molecule has 3 heteroatoms. The molecule has 1 N–H and O–H groups in total. The van der Waals surface area contributed by atoms with Crippen LogP contribution in [0, 0.1) is 5.92 Å². The van der Waals surface area contributed by atoms with Crippen LogP contribution in [0.25, 0.3) is 0 Å². The van der Waals surface area contributed by atoms with E-state index < -0.39 is 0 Å². The Morgan fingerprint density at radius 3 is 2.63 bits per heavy atom. The number of nitrogens with zero attached hydrogens (tertiary/aromatic N) is 1. The minimum absolute atomic E-state index is 0.0159. The van der Waals surface area contributed by atoms with Crippen LogP contribution in [0.15, 0.2) is 0 Å². The predicted molar refractivity (Wildman–Crippen MR) is 80.5 cm³/mol. The van der Waals surface area contributed by atoms with Crippen molar-refractivity contribution in [2.45, 2.75) is 64.0 Å². The Balaban J connectivity index is 1.88. The van der Waals surface area contributed by atoms with Crippen molar-refractivity contribution in [3.63, 3.8) is 0 Å². The number of hydrogen-bond acceptors (Lipinski definition) is 3. The topological polar surface area (TPSA) is 24.5 Å². The van der Waals surface area contributed by atoms with Gasteiger partial charge in [-0.05, 0) is 39.0 Å². The number of rotatable bonds is 5. The summed E-state index contributed by atoms with van der Waals surface area (Å²) >= 11 is 0. The molecule has 0 aromatic heterocycles. The maximum absolute atomic E-state index is 5.57. The van der Waals surface area contributed by atoms with Crippen molar-refractivity contribution in [1.29, 1.82) is 0 Å². The summed E-state index contributed by atoms with van der Waals surface area (Å²) in [4.78, 5) is 2.73. The third-order valence-electron chi connectivity index (χ3n) is 5.15. The fourth-order valence-electron chi connectivity index (χ4n) is 3.54. The molecule has 1 heterocycles. The summed E-state index contributed by atoms with van der Waals surface area (Å²) in [5.41, 5.74) is 0.0159. The van der Waals surface area contributed by atoms with E-state index in [1.807, 2.05) is 7.11 Å². The van der Waals surface area contributed by atoms with Gasteiger partial charge in [-0.25, -0.2) is 0 Å². The van der Waals surface area contributed by atoms with Gasteiger partial charge in [-0.3, -0.25) is 4.90 Å². The van der Waals surface area contributed by atoms with Crippen LogP contribution in [0.4, 0.5) is 0 Å². The molecule has 2 rings (SSSR count). The first kappa shape index (κ1) is 15.3. The molecule has 19 heavy (non-hydrogen) atoms. The van der Waals surface area contributed by atoms with Crippen molar-refractivity contribution < 1.29 is 4.74 Å². The van der Waals surface area contributed by atoms with E-state index in [1.165, 1.54) is 51.7 Å². The maximum atomic E-state index is 5.57. The van der Waals surface area contributed by atoms with E-state index in [9.17, 15) is 0 Å². The predicted octanol–water partition coefficient (Wildman–Crippen LogP) is 2.66. The van der Waals surface area contributed by atoms with E-state index in [1.54, 1.807) is 0 Å². The third kappa shape index (κ3) is 4.44. The fourth-order valence-corrected chi connectivity index (χ4v) is 3.54. The normalized spacial score (nSPS) is 27.6. The first-order valence-corrected chi connectivity index (χ1v) is 8.12. The Labute approximate surface area is 119 Å². The van der Waals surface area contributed by atoms with Gasteiger partial charge in [-0.15, -0.1) is 0 Å². The van der Waals surface area contributed by atoms with E-state index in [0.717, 1.165) is 24.9 Å². The molecular weight excluding hydrogens is 236 g/mol. The average Bonchev–Trinajstić information content (AvgIpc) is 2.46. The zero-order valence-electron chi connectivity index (χ0n) is 13.1. The first-order chi connectivity index (χ1) is 9.12. The van der Waals surface area contributed by atoms with Crippen LogP contribution in [0.1, 0.15) is 52.4 Å². The molecule has 1 aliphatic carbocycles. The summed E-state index contributed by atoms with van der Waals surface area (Å²) in [6, 6.07) is 0.765. The van der Waals surface area contributed by atoms with Gasteiger partial charge in [0, 0.05) is 39.3 Å². The molecule has 112 valence electrons. The Hall–Kier alpha value is -0.120. The molecule has 1 saturated carbocycles. The lowest BCUT2D eigenvalue weighted by Crippen LogP contribution is -2.55. The molecule has 1 saturated heterocycles. The third-order valence-corrected chi connectivity index (χ3v) is 5.15. The summed E-state index contributed by atoms with van der Waals surface area (Å²) in [6.07, 6.45) is 8.35. The summed E-state index contributed by atoms with van der Waals surface area (Å²) in [5.74, 6) is 0.923. The number of nitrogens with one attached hydrogen (secondary N) is 1. The van der Waals surface area contributed by atoms with Gasteiger partial charge in [0.05, 0.1) is 5.60 Å². The Bertz CT molecular complexity index is 261. The second-order valence-electron chi connectivity index (χ2n) is 6.92. The molecule has 1 aliphatic heterocycles. The molecule has 1 unspecified atom stereocenters. The van der Waals surface area contributed by atoms with Crippen molar-refractivity contribution >= 4 is 0 Å². The Morgan fingerprint density at radius 1 is 1.21 bits per heavy atom. The highest BCUT2D eigenvalue weighted by molar-refractivity contribution is 4.88. The lowest BCUT2D eigenvalue weighted by atomic mass is 9.82. The molecule has 0 amide bonds. The maximum Gasteiger partial charge on any atom is 0.0634 e. The monoisotopic (exact) mass is 268 g/mol. The minimum Gasteiger partial charge on any atom is -0.379 e. The standard InChI is InChI=1S/C16H32N2O/c1-16(2,19-3)9-11-18-12-10-17-13-15(18)14-7-5-4-6-8-14/h14-15,17H,4-13H2,1-3H3. The van der Waals surface area contributed by atoms with Crippen LogP contribution in [-0.4, -0.2) is 49.8 Å². The molecule has 0 radical (unpaired) electrons. The van der Waals surface area contributed by atoms with E-state index in [0.29, 0.717) is 0 Å². The minimum atomic E-state index is 0.0159. The molecular formula is C16H32N2O. The molecule has 2 aliphatic rings. The van der Waals surface area contributed by atoms with Crippen LogP contribution in [0.2, 0.25) is 0 Å². The fraction of sp³-hybridized carbons (Fsp3) is 1.00. The molecule has 0 aromatic carbocycles. The van der Waals surface area contributed by atoms with Gasteiger partial charge in [0.15, 0.2) is 0 Å².